The second-order valence-electron chi connectivity index (χ2n) is 4.47. The van der Waals surface area contributed by atoms with Crippen LogP contribution in [-0.2, 0) is 10.0 Å². The molecule has 1 aromatic rings. The van der Waals surface area contributed by atoms with E-state index in [1.165, 1.54) is 25.2 Å². The van der Waals surface area contributed by atoms with Crippen molar-refractivity contribution in [1.29, 1.82) is 0 Å². The first-order valence-electron chi connectivity index (χ1n) is 6.31. The predicted octanol–water partition coefficient (Wildman–Crippen LogP) is 2.10. The second-order valence-corrected chi connectivity index (χ2v) is 6.15. The molecular formula is C12H19N3O4S. The van der Waals surface area contributed by atoms with Gasteiger partial charge in [-0.1, -0.05) is 19.4 Å². The summed E-state index contributed by atoms with van der Waals surface area (Å²) in [6, 6.07) is 3.90. The number of anilines is 1. The maximum absolute atomic E-state index is 12.3. The number of para-hydroxylation sites is 1. The lowest BCUT2D eigenvalue weighted by Gasteiger charge is -2.14. The van der Waals surface area contributed by atoms with E-state index < -0.39 is 20.6 Å². The Kier molecular flexibility index (Phi) is 5.46. The Hall–Kier alpha value is -1.67. The zero-order valence-electron chi connectivity index (χ0n) is 11.7. The highest BCUT2D eigenvalue weighted by Crippen LogP contribution is 2.31. The van der Waals surface area contributed by atoms with Crippen molar-refractivity contribution in [2.75, 3.05) is 12.4 Å². The van der Waals surface area contributed by atoms with Crippen LogP contribution in [0.5, 0.6) is 0 Å². The van der Waals surface area contributed by atoms with Crippen molar-refractivity contribution in [3.05, 3.63) is 28.3 Å². The van der Waals surface area contributed by atoms with E-state index in [9.17, 15) is 18.5 Å². The van der Waals surface area contributed by atoms with Crippen LogP contribution in [-0.4, -0.2) is 26.4 Å². The molecule has 0 heterocycles. The van der Waals surface area contributed by atoms with E-state index >= 15 is 0 Å². The minimum Gasteiger partial charge on any atom is -0.383 e. The average Bonchev–Trinajstić information content (AvgIpc) is 2.37. The maximum atomic E-state index is 12.3. The summed E-state index contributed by atoms with van der Waals surface area (Å²) >= 11 is 0. The number of hydrogen-bond acceptors (Lipinski definition) is 5. The molecule has 0 radical (unpaired) electrons. The average molecular weight is 301 g/mol. The van der Waals surface area contributed by atoms with Crippen molar-refractivity contribution in [1.82, 2.24) is 4.72 Å². The highest BCUT2D eigenvalue weighted by Gasteiger charge is 2.29. The summed E-state index contributed by atoms with van der Waals surface area (Å²) < 4.78 is 27.0. The molecule has 1 rings (SSSR count). The Bertz CT molecular complexity index is 586. The maximum Gasteiger partial charge on any atom is 0.312 e. The molecule has 2 N–H and O–H groups in total. The summed E-state index contributed by atoms with van der Waals surface area (Å²) in [6.07, 6.45) is 1.49. The summed E-state index contributed by atoms with van der Waals surface area (Å²) in [6.45, 7) is 3.67. The van der Waals surface area contributed by atoms with E-state index in [-0.39, 0.29) is 16.6 Å². The van der Waals surface area contributed by atoms with Gasteiger partial charge in [0.1, 0.15) is 5.69 Å². The fraction of sp³-hybridized carbons (Fsp3) is 0.500. The first kappa shape index (κ1) is 16.4. The molecule has 1 aromatic carbocycles. The van der Waals surface area contributed by atoms with Crippen molar-refractivity contribution in [3.8, 4) is 0 Å². The third-order valence-corrected chi connectivity index (χ3v) is 4.44. The summed E-state index contributed by atoms with van der Waals surface area (Å²) in [7, 11) is -2.42. The van der Waals surface area contributed by atoms with Gasteiger partial charge >= 0.3 is 5.69 Å². The number of nitro groups is 1. The van der Waals surface area contributed by atoms with Crippen LogP contribution in [0.25, 0.3) is 0 Å². The van der Waals surface area contributed by atoms with Gasteiger partial charge in [0, 0.05) is 13.1 Å². The number of nitrogens with one attached hydrogen (secondary N) is 2. The predicted molar refractivity (Wildman–Crippen MR) is 77.3 cm³/mol. The third kappa shape index (κ3) is 3.67. The zero-order valence-corrected chi connectivity index (χ0v) is 12.5. The number of benzene rings is 1. The molecular weight excluding hydrogens is 282 g/mol. The van der Waals surface area contributed by atoms with Gasteiger partial charge in [-0.05, 0) is 25.5 Å². The van der Waals surface area contributed by atoms with Crippen LogP contribution < -0.4 is 10.0 Å². The molecule has 0 bridgehead atoms. The first-order valence-corrected chi connectivity index (χ1v) is 7.79. The summed E-state index contributed by atoms with van der Waals surface area (Å²) in [4.78, 5) is 10.1. The van der Waals surface area contributed by atoms with E-state index in [2.05, 4.69) is 10.0 Å². The monoisotopic (exact) mass is 301 g/mol. The van der Waals surface area contributed by atoms with Crippen molar-refractivity contribution >= 4 is 21.4 Å². The fourth-order valence-corrected chi connectivity index (χ4v) is 3.42. The number of sulfonamides is 1. The molecule has 8 heteroatoms. The van der Waals surface area contributed by atoms with Crippen LogP contribution >= 0.6 is 0 Å². The highest BCUT2D eigenvalue weighted by atomic mass is 32.2. The summed E-state index contributed by atoms with van der Waals surface area (Å²) in [5, 5.41) is 13.8. The minimum absolute atomic E-state index is 0.168. The molecule has 0 spiro atoms. The molecule has 0 aliphatic carbocycles. The fourth-order valence-electron chi connectivity index (χ4n) is 1.95. The molecule has 112 valence electrons. The van der Waals surface area contributed by atoms with E-state index in [0.717, 1.165) is 6.42 Å². The summed E-state index contributed by atoms with van der Waals surface area (Å²) in [5.74, 6) is 0. The molecule has 0 aliphatic rings. The van der Waals surface area contributed by atoms with Gasteiger partial charge in [0.05, 0.1) is 4.92 Å². The Morgan fingerprint density at radius 2 is 2.05 bits per heavy atom. The van der Waals surface area contributed by atoms with Crippen molar-refractivity contribution in [2.45, 2.75) is 37.6 Å². The van der Waals surface area contributed by atoms with Crippen LogP contribution in [0, 0.1) is 10.1 Å². The van der Waals surface area contributed by atoms with E-state index in [4.69, 9.17) is 0 Å². The zero-order chi connectivity index (χ0) is 15.3. The Balaban J connectivity index is 3.28. The topological polar surface area (TPSA) is 101 Å². The molecule has 1 atom stereocenters. The molecule has 0 fully saturated rings. The lowest BCUT2D eigenvalue weighted by atomic mass is 10.2. The van der Waals surface area contributed by atoms with Gasteiger partial charge in [-0.25, -0.2) is 13.1 Å². The molecule has 0 amide bonds. The van der Waals surface area contributed by atoms with Crippen LogP contribution in [0.4, 0.5) is 11.4 Å². The standard InChI is InChI=1S/C12H19N3O4S/c1-4-6-9(2)14-20(18,19)11-8-5-7-10(13-3)12(11)15(16)17/h5,7-9,13-14H,4,6H2,1-3H3. The molecule has 0 saturated carbocycles. The number of nitro benzene ring substituents is 1. The van der Waals surface area contributed by atoms with Gasteiger partial charge in [0.2, 0.25) is 10.0 Å². The van der Waals surface area contributed by atoms with Gasteiger partial charge in [0.25, 0.3) is 0 Å². The molecule has 7 nitrogen and oxygen atoms in total. The minimum atomic E-state index is -3.92. The lowest BCUT2D eigenvalue weighted by molar-refractivity contribution is -0.386. The van der Waals surface area contributed by atoms with E-state index in [1.807, 2.05) is 6.92 Å². The van der Waals surface area contributed by atoms with E-state index in [0.29, 0.717) is 6.42 Å². The van der Waals surface area contributed by atoms with Crippen LogP contribution in [0.3, 0.4) is 0 Å². The van der Waals surface area contributed by atoms with Gasteiger partial charge in [-0.2, -0.15) is 0 Å². The third-order valence-electron chi connectivity index (χ3n) is 2.82. The molecule has 0 aromatic heterocycles. The molecule has 0 saturated heterocycles. The Morgan fingerprint density at radius 1 is 1.40 bits per heavy atom. The van der Waals surface area contributed by atoms with Gasteiger partial charge in [0.15, 0.2) is 4.90 Å². The van der Waals surface area contributed by atoms with Crippen LogP contribution in [0.2, 0.25) is 0 Å². The van der Waals surface area contributed by atoms with Crippen molar-refractivity contribution < 1.29 is 13.3 Å². The van der Waals surface area contributed by atoms with E-state index in [1.54, 1.807) is 6.92 Å². The quantitative estimate of drug-likeness (QED) is 0.593. The van der Waals surface area contributed by atoms with Gasteiger partial charge in [-0.15, -0.1) is 0 Å². The molecule has 0 aliphatic heterocycles. The van der Waals surface area contributed by atoms with Crippen molar-refractivity contribution in [3.63, 3.8) is 0 Å². The normalized spacial score (nSPS) is 12.9. The van der Waals surface area contributed by atoms with Crippen molar-refractivity contribution in [2.24, 2.45) is 0 Å². The number of nitrogens with zero attached hydrogens (tertiary/aromatic N) is 1. The Labute approximate surface area is 118 Å². The second kappa shape index (κ2) is 6.67. The van der Waals surface area contributed by atoms with Crippen LogP contribution in [0.15, 0.2) is 23.1 Å². The first-order chi connectivity index (χ1) is 9.33. The number of rotatable bonds is 7. The van der Waals surface area contributed by atoms with Gasteiger partial charge < -0.3 is 5.32 Å². The molecule has 1 unspecified atom stereocenters. The Morgan fingerprint density at radius 3 is 2.55 bits per heavy atom. The smallest absolute Gasteiger partial charge is 0.312 e. The molecule has 20 heavy (non-hydrogen) atoms. The lowest BCUT2D eigenvalue weighted by Crippen LogP contribution is -2.32. The van der Waals surface area contributed by atoms with Crippen LogP contribution in [0.1, 0.15) is 26.7 Å². The highest BCUT2D eigenvalue weighted by molar-refractivity contribution is 7.89. The van der Waals surface area contributed by atoms with Gasteiger partial charge in [-0.3, -0.25) is 10.1 Å². The summed E-state index contributed by atoms with van der Waals surface area (Å²) in [5.41, 5.74) is -0.271. The SMILES string of the molecule is CCCC(C)NS(=O)(=O)c1cccc(NC)c1[N+](=O)[O-]. The number of hydrogen-bond donors (Lipinski definition) is 2. The largest absolute Gasteiger partial charge is 0.383 e.